The molecule has 160 valence electrons. The molecule has 2 aliphatic rings. The smallest absolute Gasteiger partial charge is 0.282 e. The van der Waals surface area contributed by atoms with E-state index >= 15 is 0 Å². The van der Waals surface area contributed by atoms with Crippen LogP contribution in [0, 0.1) is 5.82 Å². The van der Waals surface area contributed by atoms with Crippen molar-refractivity contribution in [2.75, 3.05) is 23.0 Å². The molecule has 0 saturated heterocycles. The molecular weight excluding hydrogens is 407 g/mol. The third-order valence-corrected chi connectivity index (χ3v) is 5.76. The van der Waals surface area contributed by atoms with E-state index in [2.05, 4.69) is 0 Å². The number of hydrogen-bond acceptors (Lipinski definition) is 4. The molecule has 5 rings (SSSR count). The van der Waals surface area contributed by atoms with Crippen LogP contribution in [0.4, 0.5) is 15.8 Å². The summed E-state index contributed by atoms with van der Waals surface area (Å²) in [7, 11) is 0. The van der Waals surface area contributed by atoms with E-state index in [9.17, 15) is 14.0 Å². The fourth-order valence-corrected chi connectivity index (χ4v) is 4.31. The first-order valence-electron chi connectivity index (χ1n) is 10.6. The number of halogens is 1. The molecule has 0 aliphatic carbocycles. The minimum Gasteiger partial charge on any atom is -0.494 e. The van der Waals surface area contributed by atoms with E-state index in [1.165, 1.54) is 24.3 Å². The van der Waals surface area contributed by atoms with Crippen molar-refractivity contribution < 1.29 is 18.7 Å². The largest absolute Gasteiger partial charge is 0.494 e. The molecule has 0 fully saturated rings. The second kappa shape index (κ2) is 7.96. The molecule has 2 aliphatic heterocycles. The lowest BCUT2D eigenvalue weighted by Crippen LogP contribution is -2.34. The number of anilines is 2. The number of rotatable bonds is 5. The highest BCUT2D eigenvalue weighted by Crippen LogP contribution is 2.40. The van der Waals surface area contributed by atoms with Crippen LogP contribution in [0.5, 0.6) is 5.75 Å². The van der Waals surface area contributed by atoms with Gasteiger partial charge in [-0.1, -0.05) is 30.3 Å². The second-order valence-electron chi connectivity index (χ2n) is 7.63. The van der Waals surface area contributed by atoms with Crippen LogP contribution in [0.3, 0.4) is 0 Å². The Bertz CT molecular complexity index is 1230. The summed E-state index contributed by atoms with van der Waals surface area (Å²) >= 11 is 0. The fourth-order valence-electron chi connectivity index (χ4n) is 4.31. The average molecular weight is 428 g/mol. The standard InChI is InChI=1S/C26H21FN2O3/c1-2-32-21-13-7-18(8-14-21)23-24(28-16-15-17-5-3-4-6-22(17)28)26(31)29(25(23)30)20-11-9-19(27)10-12-20/h3-14H,2,15-16H2,1H3. The Kier molecular flexibility index (Phi) is 4.98. The van der Waals surface area contributed by atoms with Crippen molar-refractivity contribution in [3.05, 3.63) is 95.4 Å². The molecule has 3 aromatic rings. The SMILES string of the molecule is CCOc1ccc(C2=C(N3CCc4ccccc43)C(=O)N(c3ccc(F)cc3)C2=O)cc1. The van der Waals surface area contributed by atoms with Gasteiger partial charge in [-0.25, -0.2) is 9.29 Å². The first kappa shape index (κ1) is 20.0. The minimum absolute atomic E-state index is 0.332. The summed E-state index contributed by atoms with van der Waals surface area (Å²) < 4.78 is 19.0. The number of para-hydroxylation sites is 1. The zero-order chi connectivity index (χ0) is 22.2. The van der Waals surface area contributed by atoms with Gasteiger partial charge in [0.2, 0.25) is 0 Å². The van der Waals surface area contributed by atoms with Gasteiger partial charge in [0.05, 0.1) is 17.9 Å². The van der Waals surface area contributed by atoms with E-state index in [0.717, 1.165) is 22.6 Å². The van der Waals surface area contributed by atoms with Gasteiger partial charge in [0.25, 0.3) is 11.8 Å². The summed E-state index contributed by atoms with van der Waals surface area (Å²) in [6.07, 6.45) is 0.786. The Morgan fingerprint density at radius 2 is 1.62 bits per heavy atom. The van der Waals surface area contributed by atoms with E-state index in [0.29, 0.717) is 41.4 Å². The molecule has 5 nitrogen and oxygen atoms in total. The van der Waals surface area contributed by atoms with Gasteiger partial charge in [-0.15, -0.1) is 0 Å². The molecule has 2 heterocycles. The van der Waals surface area contributed by atoms with Crippen LogP contribution in [0.1, 0.15) is 18.1 Å². The van der Waals surface area contributed by atoms with Crippen molar-refractivity contribution in [3.63, 3.8) is 0 Å². The lowest BCUT2D eigenvalue weighted by atomic mass is 10.0. The van der Waals surface area contributed by atoms with Crippen LogP contribution in [0.25, 0.3) is 5.57 Å². The van der Waals surface area contributed by atoms with E-state index in [1.54, 1.807) is 24.3 Å². The summed E-state index contributed by atoms with van der Waals surface area (Å²) in [5, 5.41) is 0. The van der Waals surface area contributed by atoms with E-state index in [4.69, 9.17) is 4.74 Å². The highest BCUT2D eigenvalue weighted by Gasteiger charge is 2.44. The second-order valence-corrected chi connectivity index (χ2v) is 7.63. The van der Waals surface area contributed by atoms with Crippen LogP contribution in [-0.2, 0) is 16.0 Å². The van der Waals surface area contributed by atoms with Crippen LogP contribution in [0.2, 0.25) is 0 Å². The lowest BCUT2D eigenvalue weighted by molar-refractivity contribution is -0.120. The van der Waals surface area contributed by atoms with E-state index < -0.39 is 17.6 Å². The molecule has 3 aromatic carbocycles. The number of nitrogens with zero attached hydrogens (tertiary/aromatic N) is 2. The van der Waals surface area contributed by atoms with E-state index in [1.807, 2.05) is 36.1 Å². The first-order chi connectivity index (χ1) is 15.6. The number of fused-ring (bicyclic) bond motifs is 1. The molecule has 32 heavy (non-hydrogen) atoms. The number of amides is 2. The highest BCUT2D eigenvalue weighted by atomic mass is 19.1. The molecule has 0 radical (unpaired) electrons. The van der Waals surface area contributed by atoms with Gasteiger partial charge in [-0.3, -0.25) is 9.59 Å². The van der Waals surface area contributed by atoms with Crippen molar-refractivity contribution in [1.82, 2.24) is 0 Å². The predicted molar refractivity (Wildman–Crippen MR) is 121 cm³/mol. The number of imide groups is 1. The predicted octanol–water partition coefficient (Wildman–Crippen LogP) is 4.57. The molecule has 0 saturated carbocycles. The summed E-state index contributed by atoms with van der Waals surface area (Å²) in [4.78, 5) is 30.3. The maximum Gasteiger partial charge on any atom is 0.282 e. The molecule has 0 bridgehead atoms. The van der Waals surface area contributed by atoms with Crippen molar-refractivity contribution in [3.8, 4) is 5.75 Å². The number of ether oxygens (including phenoxy) is 1. The third kappa shape index (κ3) is 3.24. The summed E-state index contributed by atoms with van der Waals surface area (Å²) in [5.41, 5.74) is 3.70. The van der Waals surface area contributed by atoms with E-state index in [-0.39, 0.29) is 0 Å². The summed E-state index contributed by atoms with van der Waals surface area (Å²) in [5.74, 6) is -0.578. The molecule has 0 spiro atoms. The molecular formula is C26H21FN2O3. The van der Waals surface area contributed by atoms with Gasteiger partial charge in [-0.05, 0) is 66.9 Å². The van der Waals surface area contributed by atoms with Gasteiger partial charge < -0.3 is 9.64 Å². The summed E-state index contributed by atoms with van der Waals surface area (Å²) in [6.45, 7) is 3.04. The molecule has 6 heteroatoms. The number of carbonyl (C=O) groups excluding carboxylic acids is 2. The normalized spacial score (nSPS) is 15.6. The Labute approximate surface area is 185 Å². The zero-order valence-electron chi connectivity index (χ0n) is 17.5. The topological polar surface area (TPSA) is 49.9 Å². The summed E-state index contributed by atoms with van der Waals surface area (Å²) in [6, 6.07) is 20.4. The van der Waals surface area contributed by atoms with Crippen molar-refractivity contribution in [2.45, 2.75) is 13.3 Å². The maximum atomic E-state index is 13.6. The van der Waals surface area contributed by atoms with Crippen LogP contribution < -0.4 is 14.5 Å². The Hall–Kier alpha value is -3.93. The molecule has 0 aromatic heterocycles. The van der Waals surface area contributed by atoms with Gasteiger partial charge in [-0.2, -0.15) is 0 Å². The highest BCUT2D eigenvalue weighted by molar-refractivity contribution is 6.46. The van der Waals surface area contributed by atoms with Crippen molar-refractivity contribution in [1.29, 1.82) is 0 Å². The Balaban J connectivity index is 1.64. The quantitative estimate of drug-likeness (QED) is 0.559. The number of benzene rings is 3. The van der Waals surface area contributed by atoms with Gasteiger partial charge in [0, 0.05) is 12.2 Å². The van der Waals surface area contributed by atoms with Gasteiger partial charge >= 0.3 is 0 Å². The fraction of sp³-hybridized carbons (Fsp3) is 0.154. The van der Waals surface area contributed by atoms with Crippen LogP contribution >= 0.6 is 0 Å². The van der Waals surface area contributed by atoms with Gasteiger partial charge in [0.1, 0.15) is 17.3 Å². The van der Waals surface area contributed by atoms with Crippen LogP contribution in [-0.4, -0.2) is 25.0 Å². The zero-order valence-corrected chi connectivity index (χ0v) is 17.5. The average Bonchev–Trinajstić information content (AvgIpc) is 3.33. The maximum absolute atomic E-state index is 13.6. The lowest BCUT2D eigenvalue weighted by Gasteiger charge is -2.21. The van der Waals surface area contributed by atoms with Crippen molar-refractivity contribution >= 4 is 28.8 Å². The molecule has 0 atom stereocenters. The van der Waals surface area contributed by atoms with Crippen molar-refractivity contribution in [2.24, 2.45) is 0 Å². The molecule has 2 amide bonds. The number of carbonyl (C=O) groups is 2. The third-order valence-electron chi connectivity index (χ3n) is 5.76. The molecule has 0 unspecified atom stereocenters. The van der Waals surface area contributed by atoms with Gasteiger partial charge in [0.15, 0.2) is 0 Å². The Morgan fingerprint density at radius 3 is 2.34 bits per heavy atom. The monoisotopic (exact) mass is 428 g/mol. The Morgan fingerprint density at radius 1 is 0.906 bits per heavy atom. The van der Waals surface area contributed by atoms with Crippen LogP contribution in [0.15, 0.2) is 78.5 Å². The molecule has 0 N–H and O–H groups in total. The minimum atomic E-state index is -0.429. The first-order valence-corrected chi connectivity index (χ1v) is 10.6. The number of hydrogen-bond donors (Lipinski definition) is 0.